The van der Waals surface area contributed by atoms with Gasteiger partial charge in [0.1, 0.15) is 0 Å². The third-order valence-electron chi connectivity index (χ3n) is 4.38. The number of aromatic nitrogens is 2. The first-order chi connectivity index (χ1) is 13.4. The number of para-hydroxylation sites is 1. The second kappa shape index (κ2) is 8.59. The summed E-state index contributed by atoms with van der Waals surface area (Å²) in [4.78, 5) is 24.9. The maximum atomic E-state index is 12.6. The van der Waals surface area contributed by atoms with Gasteiger partial charge in [-0.25, -0.2) is 4.68 Å². The number of halogens is 2. The molecule has 5 nitrogen and oxygen atoms in total. The molecule has 0 radical (unpaired) electrons. The minimum Gasteiger partial charge on any atom is -0.350 e. The Labute approximate surface area is 172 Å². The van der Waals surface area contributed by atoms with Gasteiger partial charge in [0.25, 0.3) is 5.91 Å². The number of benzene rings is 2. The molecule has 1 amide bonds. The molecule has 0 aliphatic carbocycles. The largest absolute Gasteiger partial charge is 0.350 e. The molecule has 0 saturated heterocycles. The maximum Gasteiger partial charge on any atom is 0.275 e. The van der Waals surface area contributed by atoms with Gasteiger partial charge in [-0.3, -0.25) is 9.59 Å². The van der Waals surface area contributed by atoms with Gasteiger partial charge >= 0.3 is 0 Å². The monoisotopic (exact) mass is 415 g/mol. The number of carbonyl (C=O) groups excluding carboxylic acids is 1. The summed E-state index contributed by atoms with van der Waals surface area (Å²) in [6.07, 6.45) is 0. The van der Waals surface area contributed by atoms with Crippen LogP contribution < -0.4 is 10.7 Å². The van der Waals surface area contributed by atoms with E-state index in [0.29, 0.717) is 15.7 Å². The molecule has 3 aromatic rings. The molecule has 0 fully saturated rings. The van der Waals surface area contributed by atoms with Crippen LogP contribution in [0.4, 0.5) is 0 Å². The zero-order valence-electron chi connectivity index (χ0n) is 15.4. The van der Waals surface area contributed by atoms with E-state index in [1.165, 1.54) is 6.07 Å². The third kappa shape index (κ3) is 4.26. The molecule has 1 heterocycles. The topological polar surface area (TPSA) is 64.0 Å². The lowest BCUT2D eigenvalue weighted by Crippen LogP contribution is -2.34. The average Bonchev–Trinajstić information content (AvgIpc) is 2.67. The number of hydrogen-bond donors (Lipinski definition) is 1. The summed E-state index contributed by atoms with van der Waals surface area (Å²) in [6, 6.07) is 16.0. The molecule has 7 heteroatoms. The van der Waals surface area contributed by atoms with E-state index in [0.717, 1.165) is 11.3 Å². The molecular formula is C21H19Cl2N3O2. The Bertz CT molecular complexity index is 1040. The van der Waals surface area contributed by atoms with Crippen LogP contribution in [0.25, 0.3) is 5.69 Å². The predicted molar refractivity (Wildman–Crippen MR) is 112 cm³/mol. The number of nitrogens with one attached hydrogen (secondary N) is 1. The first-order valence-electron chi connectivity index (χ1n) is 8.77. The van der Waals surface area contributed by atoms with Gasteiger partial charge in [-0.15, -0.1) is 0 Å². The summed E-state index contributed by atoms with van der Waals surface area (Å²) in [6.45, 7) is 3.94. The summed E-state index contributed by atoms with van der Waals surface area (Å²) in [5.74, 6) is -0.670. The Kier molecular flexibility index (Phi) is 6.17. The highest BCUT2D eigenvalue weighted by Gasteiger charge is 2.18. The van der Waals surface area contributed by atoms with Crippen LogP contribution >= 0.6 is 23.2 Å². The fraction of sp³-hybridized carbons (Fsp3) is 0.190. The van der Waals surface area contributed by atoms with Crippen LogP contribution in [0.3, 0.4) is 0 Å². The molecule has 0 bridgehead atoms. The van der Waals surface area contributed by atoms with Gasteiger partial charge in [-0.2, -0.15) is 5.10 Å². The highest BCUT2D eigenvalue weighted by molar-refractivity contribution is 6.36. The fourth-order valence-corrected chi connectivity index (χ4v) is 3.72. The van der Waals surface area contributed by atoms with E-state index in [9.17, 15) is 9.59 Å². The highest BCUT2D eigenvalue weighted by atomic mass is 35.5. The van der Waals surface area contributed by atoms with Crippen LogP contribution in [0.1, 0.15) is 34.6 Å². The highest BCUT2D eigenvalue weighted by Crippen LogP contribution is 2.30. The second-order valence-electron chi connectivity index (χ2n) is 6.49. The van der Waals surface area contributed by atoms with E-state index in [1.54, 1.807) is 29.8 Å². The number of carbonyl (C=O) groups is 1. The van der Waals surface area contributed by atoms with Gasteiger partial charge in [0.15, 0.2) is 5.69 Å². The second-order valence-corrected chi connectivity index (χ2v) is 7.31. The maximum absolute atomic E-state index is 12.6. The lowest BCUT2D eigenvalue weighted by molar-refractivity contribution is 0.0943. The number of hydrogen-bond acceptors (Lipinski definition) is 3. The summed E-state index contributed by atoms with van der Waals surface area (Å²) in [5, 5.41) is 8.10. The van der Waals surface area contributed by atoms with Crippen molar-refractivity contribution in [3.63, 3.8) is 0 Å². The van der Waals surface area contributed by atoms with Gasteiger partial charge in [0.05, 0.1) is 5.69 Å². The van der Waals surface area contributed by atoms with E-state index in [4.69, 9.17) is 23.2 Å². The summed E-state index contributed by atoms with van der Waals surface area (Å²) < 4.78 is 1.57. The summed E-state index contributed by atoms with van der Waals surface area (Å²) >= 11 is 12.5. The van der Waals surface area contributed by atoms with Gasteiger partial charge in [0.2, 0.25) is 5.43 Å². The molecule has 3 rings (SSSR count). The van der Waals surface area contributed by atoms with E-state index >= 15 is 0 Å². The molecule has 28 heavy (non-hydrogen) atoms. The van der Waals surface area contributed by atoms with Gasteiger partial charge < -0.3 is 5.32 Å². The molecule has 1 N–H and O–H groups in total. The number of nitrogens with zero attached hydrogens (tertiary/aromatic N) is 2. The molecule has 0 aliphatic rings. The summed E-state index contributed by atoms with van der Waals surface area (Å²) in [7, 11) is 0. The van der Waals surface area contributed by atoms with Crippen molar-refractivity contribution in [3.05, 3.63) is 91.8 Å². The van der Waals surface area contributed by atoms with Crippen molar-refractivity contribution in [2.24, 2.45) is 0 Å². The molecular weight excluding hydrogens is 397 g/mol. The van der Waals surface area contributed by atoms with Crippen LogP contribution in [0.15, 0.2) is 59.4 Å². The quantitative estimate of drug-likeness (QED) is 0.672. The third-order valence-corrected chi connectivity index (χ3v) is 5.04. The van der Waals surface area contributed by atoms with Crippen molar-refractivity contribution in [2.75, 3.05) is 6.54 Å². The van der Waals surface area contributed by atoms with Crippen molar-refractivity contribution in [1.82, 2.24) is 15.1 Å². The Morgan fingerprint density at radius 2 is 1.75 bits per heavy atom. The SMILES string of the molecule is Cc1cc(=O)c(C(=O)NCC(C)c2c(Cl)cccc2Cl)nn1-c1ccccc1. The first kappa shape index (κ1) is 20.1. The normalized spacial score (nSPS) is 11.9. The summed E-state index contributed by atoms with van der Waals surface area (Å²) in [5.41, 5.74) is 1.58. The fourth-order valence-electron chi connectivity index (χ4n) is 2.95. The molecule has 0 spiro atoms. The van der Waals surface area contributed by atoms with Crippen LogP contribution in [-0.2, 0) is 0 Å². The lowest BCUT2D eigenvalue weighted by atomic mass is 10.0. The molecule has 2 aromatic carbocycles. The van der Waals surface area contributed by atoms with E-state index in [2.05, 4.69) is 10.4 Å². The Balaban J connectivity index is 1.82. The number of rotatable bonds is 5. The van der Waals surface area contributed by atoms with Crippen molar-refractivity contribution in [1.29, 1.82) is 0 Å². The van der Waals surface area contributed by atoms with Crippen molar-refractivity contribution >= 4 is 29.1 Å². The lowest BCUT2D eigenvalue weighted by Gasteiger charge is -2.16. The van der Waals surface area contributed by atoms with Crippen molar-refractivity contribution < 1.29 is 4.79 Å². The smallest absolute Gasteiger partial charge is 0.275 e. The molecule has 1 unspecified atom stereocenters. The number of aryl methyl sites for hydroxylation is 1. The van der Waals surface area contributed by atoms with Crippen molar-refractivity contribution in [2.45, 2.75) is 19.8 Å². The molecule has 0 saturated carbocycles. The molecule has 0 aliphatic heterocycles. The van der Waals surface area contributed by atoms with E-state index in [-0.39, 0.29) is 18.2 Å². The molecule has 1 aromatic heterocycles. The number of amides is 1. The Hall–Kier alpha value is -2.63. The standard InChI is InChI=1S/C21H19Cl2N3O2/c1-13(19-16(22)9-6-10-17(19)23)12-24-21(28)20-18(27)11-14(2)26(25-20)15-7-4-3-5-8-15/h3-11,13H,12H2,1-2H3,(H,24,28). The van der Waals surface area contributed by atoms with Crippen LogP contribution in [0.2, 0.25) is 10.0 Å². The van der Waals surface area contributed by atoms with Crippen LogP contribution in [0.5, 0.6) is 0 Å². The average molecular weight is 416 g/mol. The molecule has 144 valence electrons. The van der Waals surface area contributed by atoms with E-state index < -0.39 is 11.3 Å². The Morgan fingerprint density at radius 3 is 2.39 bits per heavy atom. The first-order valence-corrected chi connectivity index (χ1v) is 9.52. The zero-order valence-corrected chi connectivity index (χ0v) is 17.0. The van der Waals surface area contributed by atoms with Crippen LogP contribution in [0, 0.1) is 6.92 Å². The van der Waals surface area contributed by atoms with Gasteiger partial charge in [0, 0.05) is 34.3 Å². The predicted octanol–water partition coefficient (Wildman–Crippen LogP) is 4.38. The van der Waals surface area contributed by atoms with Crippen LogP contribution in [-0.4, -0.2) is 22.2 Å². The van der Waals surface area contributed by atoms with E-state index in [1.807, 2.05) is 37.3 Å². The van der Waals surface area contributed by atoms with Gasteiger partial charge in [-0.05, 0) is 36.8 Å². The zero-order chi connectivity index (χ0) is 20.3. The van der Waals surface area contributed by atoms with Gasteiger partial charge in [-0.1, -0.05) is 54.4 Å². The minimum absolute atomic E-state index is 0.132. The van der Waals surface area contributed by atoms with Crippen molar-refractivity contribution in [3.8, 4) is 5.69 Å². The minimum atomic E-state index is -0.537. The molecule has 1 atom stereocenters. The Morgan fingerprint density at radius 1 is 1.11 bits per heavy atom.